The number of hydrogen-bond donors (Lipinski definition) is 1. The number of aryl methyl sites for hydroxylation is 2. The number of Topliss-reactive ketones (excluding diaryl/α,β-unsaturated/α-hetero) is 1. The van der Waals surface area contributed by atoms with Crippen molar-refractivity contribution < 1.29 is 22.3 Å². The quantitative estimate of drug-likeness (QED) is 0.556. The Kier molecular flexibility index (Phi) is 6.93. The molecule has 1 N–H and O–H groups in total. The Balaban J connectivity index is 1.63. The fourth-order valence-corrected chi connectivity index (χ4v) is 4.23. The zero-order chi connectivity index (χ0) is 23.7. The van der Waals surface area contributed by atoms with Crippen LogP contribution in [0.2, 0.25) is 0 Å². The topological polar surface area (TPSA) is 85.4 Å². The molecule has 0 bridgehead atoms. The Morgan fingerprint density at radius 1 is 1.31 bits per heavy atom. The first-order valence-corrected chi connectivity index (χ1v) is 12.6. The first-order chi connectivity index (χ1) is 14.9. The highest BCUT2D eigenvalue weighted by Gasteiger charge is 2.46. The van der Waals surface area contributed by atoms with Gasteiger partial charge in [0.2, 0.25) is 15.9 Å². The molecule has 1 aliphatic carbocycles. The summed E-state index contributed by atoms with van der Waals surface area (Å²) in [5.41, 5.74) is 2.42. The van der Waals surface area contributed by atoms with Crippen molar-refractivity contribution in [3.05, 3.63) is 53.0 Å². The fourth-order valence-electron chi connectivity index (χ4n) is 3.66. The van der Waals surface area contributed by atoms with Crippen LogP contribution in [0.1, 0.15) is 56.4 Å². The van der Waals surface area contributed by atoms with Crippen LogP contribution in [-0.2, 0) is 21.2 Å². The van der Waals surface area contributed by atoms with E-state index < -0.39 is 21.8 Å². The van der Waals surface area contributed by atoms with E-state index in [2.05, 4.69) is 23.6 Å². The van der Waals surface area contributed by atoms with Crippen LogP contribution in [0.25, 0.3) is 0 Å². The number of nitrogens with one attached hydrogen (secondary N) is 1. The van der Waals surface area contributed by atoms with Gasteiger partial charge in [-0.2, -0.15) is 0 Å². The third-order valence-corrected chi connectivity index (χ3v) is 6.72. The average Bonchev–Trinajstić information content (AvgIpc) is 3.31. The summed E-state index contributed by atoms with van der Waals surface area (Å²) in [5, 5.41) is 0. The first kappa shape index (κ1) is 24.2. The summed E-state index contributed by atoms with van der Waals surface area (Å²) in [4.78, 5) is 17.3. The highest BCUT2D eigenvalue weighted by Crippen LogP contribution is 2.51. The van der Waals surface area contributed by atoms with Gasteiger partial charge in [0.1, 0.15) is 11.6 Å². The number of pyridine rings is 1. The molecular formula is C24H31FN2O4S. The maximum absolute atomic E-state index is 14.3. The number of rotatable bonds is 10. The fraction of sp³-hybridized carbons (Fsp3) is 0.500. The molecule has 0 spiro atoms. The predicted molar refractivity (Wildman–Crippen MR) is 123 cm³/mol. The molecule has 0 aliphatic heterocycles. The Labute approximate surface area is 189 Å². The zero-order valence-corrected chi connectivity index (χ0v) is 20.1. The molecule has 1 heterocycles. The monoisotopic (exact) mass is 462 g/mol. The Hall–Kier alpha value is -2.48. The van der Waals surface area contributed by atoms with Crippen LogP contribution < -0.4 is 9.46 Å². The zero-order valence-electron chi connectivity index (χ0n) is 19.2. The molecule has 2 unspecified atom stereocenters. The third-order valence-electron chi connectivity index (χ3n) is 6.13. The van der Waals surface area contributed by atoms with Crippen LogP contribution in [0.15, 0.2) is 30.3 Å². The van der Waals surface area contributed by atoms with Gasteiger partial charge in [-0.1, -0.05) is 32.9 Å². The van der Waals surface area contributed by atoms with E-state index in [1.165, 1.54) is 12.1 Å². The van der Waals surface area contributed by atoms with E-state index in [0.29, 0.717) is 35.8 Å². The number of ether oxygens (including phenoxy) is 1. The van der Waals surface area contributed by atoms with Gasteiger partial charge in [-0.15, -0.1) is 0 Å². The van der Waals surface area contributed by atoms with Gasteiger partial charge >= 0.3 is 0 Å². The van der Waals surface area contributed by atoms with Crippen LogP contribution >= 0.6 is 0 Å². The van der Waals surface area contributed by atoms with Crippen molar-refractivity contribution in [3.8, 4) is 5.88 Å². The Bertz CT molecular complexity index is 1110. The highest BCUT2D eigenvalue weighted by molar-refractivity contribution is 7.92. The average molecular weight is 463 g/mol. The van der Waals surface area contributed by atoms with Gasteiger partial charge < -0.3 is 4.74 Å². The number of anilines is 1. The maximum atomic E-state index is 14.3. The summed E-state index contributed by atoms with van der Waals surface area (Å²) >= 11 is 0. The maximum Gasteiger partial charge on any atom is 0.229 e. The number of ketones is 1. The van der Waals surface area contributed by atoms with E-state index in [-0.39, 0.29) is 17.9 Å². The van der Waals surface area contributed by atoms with Crippen LogP contribution in [0.5, 0.6) is 5.88 Å². The van der Waals surface area contributed by atoms with Gasteiger partial charge in [-0.05, 0) is 54.9 Å². The molecular weight excluding hydrogens is 431 g/mol. The molecule has 1 aromatic heterocycles. The molecule has 1 saturated carbocycles. The Morgan fingerprint density at radius 3 is 2.59 bits per heavy atom. The van der Waals surface area contributed by atoms with Crippen LogP contribution in [0.4, 0.5) is 10.1 Å². The second-order valence-electron chi connectivity index (χ2n) is 9.42. The summed E-state index contributed by atoms with van der Waals surface area (Å²) in [7, 11) is -3.58. The predicted octanol–water partition coefficient (Wildman–Crippen LogP) is 4.63. The van der Waals surface area contributed by atoms with Crippen LogP contribution in [0, 0.1) is 24.1 Å². The molecule has 1 aromatic carbocycles. The standard InChI is InChI=1S/C24H31FN2O4S/c1-15-6-7-17(23(26-15)31-14-19-13-24(19,3)4)9-11-22(28)16(2)18-8-10-21(20(25)12-18)27-32(5,29)30/h6-8,10,12,16,19,27H,9,11,13-14H2,1-5H3. The van der Waals surface area contributed by atoms with Crippen molar-refractivity contribution in [2.45, 2.75) is 52.9 Å². The first-order valence-electron chi connectivity index (χ1n) is 10.7. The molecule has 0 saturated heterocycles. The molecule has 2 atom stereocenters. The molecule has 2 aromatic rings. The van der Waals surface area contributed by atoms with Crippen molar-refractivity contribution in [1.29, 1.82) is 0 Å². The molecule has 3 rings (SSSR count). The van der Waals surface area contributed by atoms with E-state index >= 15 is 0 Å². The lowest BCUT2D eigenvalue weighted by Gasteiger charge is -2.15. The number of hydrogen-bond acceptors (Lipinski definition) is 5. The molecule has 1 aliphatic rings. The summed E-state index contributed by atoms with van der Waals surface area (Å²) in [5.74, 6) is -0.173. The summed E-state index contributed by atoms with van der Waals surface area (Å²) in [6, 6.07) is 7.96. The van der Waals surface area contributed by atoms with E-state index in [4.69, 9.17) is 4.74 Å². The number of aromatic nitrogens is 1. The van der Waals surface area contributed by atoms with Crippen molar-refractivity contribution in [3.63, 3.8) is 0 Å². The summed E-state index contributed by atoms with van der Waals surface area (Å²) < 4.78 is 45.1. The lowest BCUT2D eigenvalue weighted by Crippen LogP contribution is -2.13. The van der Waals surface area contributed by atoms with Gasteiger partial charge in [-0.3, -0.25) is 9.52 Å². The highest BCUT2D eigenvalue weighted by atomic mass is 32.2. The van der Waals surface area contributed by atoms with Gasteiger partial charge in [0.25, 0.3) is 0 Å². The molecule has 6 nitrogen and oxygen atoms in total. The molecule has 32 heavy (non-hydrogen) atoms. The summed E-state index contributed by atoms with van der Waals surface area (Å²) in [6.07, 6.45) is 2.84. The van der Waals surface area contributed by atoms with Gasteiger partial charge in [0, 0.05) is 23.6 Å². The number of benzene rings is 1. The lowest BCUT2D eigenvalue weighted by molar-refractivity contribution is -0.120. The molecule has 0 radical (unpaired) electrons. The van der Waals surface area contributed by atoms with Gasteiger partial charge in [0.15, 0.2) is 0 Å². The third kappa shape index (κ3) is 6.28. The van der Waals surface area contributed by atoms with Crippen molar-refractivity contribution in [2.75, 3.05) is 17.6 Å². The lowest BCUT2D eigenvalue weighted by atomic mass is 9.93. The van der Waals surface area contributed by atoms with Crippen molar-refractivity contribution in [2.24, 2.45) is 11.3 Å². The minimum absolute atomic E-state index is 0.0388. The van der Waals surface area contributed by atoms with E-state index in [9.17, 15) is 17.6 Å². The van der Waals surface area contributed by atoms with Crippen LogP contribution in [0.3, 0.4) is 0 Å². The van der Waals surface area contributed by atoms with Crippen molar-refractivity contribution in [1.82, 2.24) is 4.98 Å². The number of sulfonamides is 1. The molecule has 174 valence electrons. The number of carbonyl (C=O) groups is 1. The molecule has 0 amide bonds. The van der Waals surface area contributed by atoms with Crippen molar-refractivity contribution >= 4 is 21.5 Å². The number of nitrogens with zero attached hydrogens (tertiary/aromatic N) is 1. The van der Waals surface area contributed by atoms with Gasteiger partial charge in [0.05, 0.1) is 18.6 Å². The Morgan fingerprint density at radius 2 is 2.00 bits per heavy atom. The molecule has 8 heteroatoms. The minimum atomic E-state index is -3.58. The SMILES string of the molecule is Cc1ccc(CCC(=O)C(C)c2ccc(NS(C)(=O)=O)c(F)c2)c(OCC2CC2(C)C)n1. The number of carbonyl (C=O) groups excluding carboxylic acids is 1. The second kappa shape index (κ2) is 9.17. The number of halogens is 1. The van der Waals surface area contributed by atoms with E-state index in [1.807, 2.05) is 19.1 Å². The smallest absolute Gasteiger partial charge is 0.229 e. The second-order valence-corrected chi connectivity index (χ2v) is 11.2. The molecule has 1 fully saturated rings. The van der Waals surface area contributed by atoms with Crippen LogP contribution in [-0.4, -0.2) is 32.0 Å². The summed E-state index contributed by atoms with van der Waals surface area (Å²) in [6.45, 7) is 8.69. The van der Waals surface area contributed by atoms with E-state index in [1.54, 1.807) is 13.0 Å². The van der Waals surface area contributed by atoms with Gasteiger partial charge in [-0.25, -0.2) is 17.8 Å². The minimum Gasteiger partial charge on any atom is -0.477 e. The largest absolute Gasteiger partial charge is 0.477 e. The van der Waals surface area contributed by atoms with E-state index in [0.717, 1.165) is 23.9 Å². The normalized spacial score (nSPS) is 18.1.